The van der Waals surface area contributed by atoms with Crippen LogP contribution in [0, 0.1) is 0 Å². The zero-order chi connectivity index (χ0) is 19.9. The van der Waals surface area contributed by atoms with Gasteiger partial charge in [0.2, 0.25) is 22.1 Å². The number of aryl methyl sites for hydroxylation is 2. The zero-order valence-corrected chi connectivity index (χ0v) is 16.6. The van der Waals surface area contributed by atoms with Crippen molar-refractivity contribution in [3.63, 3.8) is 0 Å². The van der Waals surface area contributed by atoms with Crippen molar-refractivity contribution in [1.29, 1.82) is 0 Å². The number of nitrogens with one attached hydrogen (secondary N) is 2. The van der Waals surface area contributed by atoms with Crippen LogP contribution in [-0.4, -0.2) is 63.7 Å². The summed E-state index contributed by atoms with van der Waals surface area (Å²) in [5.41, 5.74) is 1.25. The van der Waals surface area contributed by atoms with Crippen molar-refractivity contribution in [3.8, 4) is 0 Å². The Morgan fingerprint density at radius 1 is 0.821 bits per heavy atom. The highest BCUT2D eigenvalue weighted by Gasteiger charge is 2.10. The van der Waals surface area contributed by atoms with Crippen molar-refractivity contribution in [1.82, 2.24) is 40.4 Å². The number of hydrogen-bond donors (Lipinski definition) is 2. The third-order valence-corrected chi connectivity index (χ3v) is 5.30. The van der Waals surface area contributed by atoms with Gasteiger partial charge >= 0.3 is 0 Å². The average molecular weight is 420 g/mol. The van der Waals surface area contributed by atoms with E-state index in [2.05, 4.69) is 41.7 Å². The second kappa shape index (κ2) is 9.27. The molecule has 1 aromatic carbocycles. The number of carbonyl (C=O) groups is 2. The van der Waals surface area contributed by atoms with Gasteiger partial charge in [-0.05, 0) is 45.1 Å². The molecule has 0 radical (unpaired) electrons. The number of hydrogen-bond acceptors (Lipinski definition) is 10. The SMILES string of the molecule is Cn1nnnc1SCC(=O)Nc1ccc(NC(=O)CSc2nnnn2C)cc1. The van der Waals surface area contributed by atoms with Crippen LogP contribution >= 0.6 is 23.5 Å². The molecule has 0 bridgehead atoms. The fourth-order valence-electron chi connectivity index (χ4n) is 1.98. The summed E-state index contributed by atoms with van der Waals surface area (Å²) in [5, 5.41) is 28.7. The minimum Gasteiger partial charge on any atom is -0.325 e. The quantitative estimate of drug-likeness (QED) is 0.484. The van der Waals surface area contributed by atoms with E-state index >= 15 is 0 Å². The van der Waals surface area contributed by atoms with Crippen LogP contribution in [0.5, 0.6) is 0 Å². The molecule has 3 aromatic rings. The van der Waals surface area contributed by atoms with E-state index in [0.29, 0.717) is 21.7 Å². The third-order valence-electron chi connectivity index (χ3n) is 3.28. The van der Waals surface area contributed by atoms with E-state index in [9.17, 15) is 9.59 Å². The van der Waals surface area contributed by atoms with Crippen molar-refractivity contribution in [3.05, 3.63) is 24.3 Å². The van der Waals surface area contributed by atoms with Gasteiger partial charge in [-0.3, -0.25) is 9.59 Å². The highest BCUT2D eigenvalue weighted by atomic mass is 32.2. The number of anilines is 2. The van der Waals surface area contributed by atoms with Crippen molar-refractivity contribution in [2.45, 2.75) is 10.3 Å². The second-order valence-corrected chi connectivity index (χ2v) is 7.31. The van der Waals surface area contributed by atoms with Gasteiger partial charge in [0.15, 0.2) is 0 Å². The van der Waals surface area contributed by atoms with Gasteiger partial charge in [0.1, 0.15) is 0 Å². The number of nitrogens with zero attached hydrogens (tertiary/aromatic N) is 8. The van der Waals surface area contributed by atoms with Crippen LogP contribution < -0.4 is 10.6 Å². The molecule has 2 heterocycles. The molecule has 0 saturated heterocycles. The van der Waals surface area contributed by atoms with Gasteiger partial charge in [0.25, 0.3) is 0 Å². The second-order valence-electron chi connectivity index (χ2n) is 5.42. The van der Waals surface area contributed by atoms with Crippen molar-refractivity contribution in [2.24, 2.45) is 14.1 Å². The number of rotatable bonds is 8. The lowest BCUT2D eigenvalue weighted by atomic mass is 10.3. The molecule has 2 amide bonds. The maximum Gasteiger partial charge on any atom is 0.234 e. The first kappa shape index (κ1) is 19.8. The van der Waals surface area contributed by atoms with Gasteiger partial charge in [0, 0.05) is 25.5 Å². The number of thioether (sulfide) groups is 2. The van der Waals surface area contributed by atoms with Gasteiger partial charge in [-0.15, -0.1) is 10.2 Å². The fraction of sp³-hybridized carbons (Fsp3) is 0.286. The van der Waals surface area contributed by atoms with Crippen LogP contribution in [0.3, 0.4) is 0 Å². The summed E-state index contributed by atoms with van der Waals surface area (Å²) < 4.78 is 2.99. The Morgan fingerprint density at radius 2 is 1.21 bits per heavy atom. The lowest BCUT2D eigenvalue weighted by Gasteiger charge is -2.07. The normalized spacial score (nSPS) is 10.6. The summed E-state index contributed by atoms with van der Waals surface area (Å²) >= 11 is 2.48. The Bertz CT molecular complexity index is 878. The lowest BCUT2D eigenvalue weighted by molar-refractivity contribution is -0.114. The van der Waals surface area contributed by atoms with Crippen LogP contribution in [0.25, 0.3) is 0 Å². The zero-order valence-electron chi connectivity index (χ0n) is 14.9. The summed E-state index contributed by atoms with van der Waals surface area (Å²) in [6.07, 6.45) is 0. The molecular weight excluding hydrogens is 404 g/mol. The van der Waals surface area contributed by atoms with Crippen LogP contribution in [0.4, 0.5) is 11.4 Å². The first-order valence-electron chi connectivity index (χ1n) is 7.91. The van der Waals surface area contributed by atoms with Crippen LogP contribution in [0.1, 0.15) is 0 Å². The first-order chi connectivity index (χ1) is 13.5. The summed E-state index contributed by atoms with van der Waals surface area (Å²) in [7, 11) is 3.41. The van der Waals surface area contributed by atoms with E-state index in [4.69, 9.17) is 0 Å². The minimum absolute atomic E-state index is 0.181. The monoisotopic (exact) mass is 420 g/mol. The van der Waals surface area contributed by atoms with Gasteiger partial charge < -0.3 is 10.6 Å². The van der Waals surface area contributed by atoms with E-state index < -0.39 is 0 Å². The average Bonchev–Trinajstić information content (AvgIpc) is 3.27. The van der Waals surface area contributed by atoms with Crippen molar-refractivity contribution < 1.29 is 9.59 Å². The highest BCUT2D eigenvalue weighted by Crippen LogP contribution is 2.17. The van der Waals surface area contributed by atoms with E-state index in [0.717, 1.165) is 0 Å². The van der Waals surface area contributed by atoms with Crippen LogP contribution in [-0.2, 0) is 23.7 Å². The Kier molecular flexibility index (Phi) is 6.54. The molecule has 12 nitrogen and oxygen atoms in total. The fourth-order valence-corrected chi connectivity index (χ4v) is 3.28. The molecular formula is C14H16N10O2S2. The Balaban J connectivity index is 1.43. The molecule has 0 saturated carbocycles. The molecule has 3 rings (SSSR count). The molecule has 146 valence electrons. The first-order valence-corrected chi connectivity index (χ1v) is 9.88. The molecule has 2 N–H and O–H groups in total. The van der Waals surface area contributed by atoms with Gasteiger partial charge in [-0.2, -0.15) is 0 Å². The number of benzene rings is 1. The number of carbonyl (C=O) groups excluding carboxylic acids is 2. The summed E-state index contributed by atoms with van der Waals surface area (Å²) in [6, 6.07) is 6.84. The van der Waals surface area contributed by atoms with Crippen molar-refractivity contribution >= 4 is 46.7 Å². The number of amides is 2. The lowest BCUT2D eigenvalue weighted by Crippen LogP contribution is -2.16. The molecule has 0 unspecified atom stereocenters. The van der Waals surface area contributed by atoms with Crippen LogP contribution in [0.15, 0.2) is 34.6 Å². The molecule has 0 aliphatic carbocycles. The topological polar surface area (TPSA) is 145 Å². The van der Waals surface area contributed by atoms with E-state index in [1.807, 2.05) is 0 Å². The summed E-state index contributed by atoms with van der Waals surface area (Å²) in [4.78, 5) is 24.0. The third kappa shape index (κ3) is 5.50. The van der Waals surface area contributed by atoms with Crippen LogP contribution in [0.2, 0.25) is 0 Å². The van der Waals surface area contributed by atoms with Crippen molar-refractivity contribution in [2.75, 3.05) is 22.1 Å². The molecule has 2 aromatic heterocycles. The molecule has 0 aliphatic heterocycles. The predicted molar refractivity (Wildman–Crippen MR) is 103 cm³/mol. The van der Waals surface area contributed by atoms with E-state index in [1.165, 1.54) is 32.9 Å². The summed E-state index contributed by atoms with van der Waals surface area (Å²) in [5.74, 6) is -0.00119. The molecule has 0 aliphatic rings. The molecule has 0 atom stereocenters. The smallest absolute Gasteiger partial charge is 0.234 e. The van der Waals surface area contributed by atoms with E-state index in [-0.39, 0.29) is 23.3 Å². The molecule has 0 spiro atoms. The Labute approximate surface area is 167 Å². The van der Waals surface area contributed by atoms with Gasteiger partial charge in [0.05, 0.1) is 11.5 Å². The highest BCUT2D eigenvalue weighted by molar-refractivity contribution is 8.00. The largest absolute Gasteiger partial charge is 0.325 e. The Hall–Kier alpha value is -3.00. The summed E-state index contributed by atoms with van der Waals surface area (Å²) in [6.45, 7) is 0. The maximum atomic E-state index is 12.0. The van der Waals surface area contributed by atoms with Gasteiger partial charge in [-0.25, -0.2) is 9.36 Å². The van der Waals surface area contributed by atoms with Gasteiger partial charge in [-0.1, -0.05) is 23.5 Å². The molecule has 0 fully saturated rings. The molecule has 28 heavy (non-hydrogen) atoms. The number of tetrazole rings is 2. The standard InChI is InChI=1S/C14H16N10O2S2/c1-23-13(17-19-21-23)27-7-11(25)15-9-3-5-10(6-4-9)16-12(26)8-28-14-18-20-22-24(14)2/h3-6H,7-8H2,1-2H3,(H,15,25)(H,16,26). The van der Waals surface area contributed by atoms with E-state index in [1.54, 1.807) is 38.4 Å². The number of aromatic nitrogens is 8. The minimum atomic E-state index is -0.182. The predicted octanol–water partition coefficient (Wildman–Crippen LogP) is 0.195. The molecule has 14 heteroatoms. The maximum absolute atomic E-state index is 12.0. The Morgan fingerprint density at radius 3 is 1.54 bits per heavy atom.